The van der Waals surface area contributed by atoms with Crippen LogP contribution < -0.4 is 0 Å². The topological polar surface area (TPSA) is 74.0 Å². The highest BCUT2D eigenvalue weighted by molar-refractivity contribution is 8.00. The van der Waals surface area contributed by atoms with Gasteiger partial charge in [-0.1, -0.05) is 0 Å². The summed E-state index contributed by atoms with van der Waals surface area (Å²) < 4.78 is 137. The normalized spacial score (nSPS) is 40.5. The van der Waals surface area contributed by atoms with E-state index in [9.17, 15) is 35.1 Å². The molecule has 7 nitrogen and oxygen atoms in total. The van der Waals surface area contributed by atoms with Gasteiger partial charge in [-0.15, -0.1) is 0 Å². The van der Waals surface area contributed by atoms with E-state index in [1.807, 2.05) is 0 Å². The molecule has 0 N–H and O–H groups in total. The zero-order valence-corrected chi connectivity index (χ0v) is 17.1. The number of halogens is 10. The number of nitrogens with zero attached hydrogens (tertiary/aromatic N) is 3. The van der Waals surface area contributed by atoms with Crippen LogP contribution in [0.4, 0.5) is 35.1 Å². The largest absolute Gasteiger partial charge is 0.347 e. The van der Waals surface area contributed by atoms with Crippen molar-refractivity contribution in [1.29, 1.82) is 0 Å². The van der Waals surface area contributed by atoms with Gasteiger partial charge in [0.2, 0.25) is 0 Å². The van der Waals surface area contributed by atoms with E-state index in [0.717, 1.165) is 0 Å². The number of rotatable bonds is 0. The Morgan fingerprint density at radius 1 is 0.536 bits per heavy atom. The van der Waals surface area contributed by atoms with E-state index >= 15 is 0 Å². The summed E-state index contributed by atoms with van der Waals surface area (Å²) in [5.74, 6) is -19.0. The van der Waals surface area contributed by atoms with Gasteiger partial charge in [0.15, 0.2) is 0 Å². The molecule has 3 heterocycles. The molecule has 20 heteroatoms. The van der Waals surface area contributed by atoms with E-state index in [2.05, 4.69) is 31.6 Å². The van der Waals surface area contributed by atoms with Crippen LogP contribution in [0.1, 0.15) is 0 Å². The summed E-state index contributed by atoms with van der Waals surface area (Å²) in [6, 6.07) is 0. The molecule has 28 heavy (non-hydrogen) atoms. The third kappa shape index (κ3) is 4.16. The molecule has 3 aliphatic rings. The van der Waals surface area contributed by atoms with Gasteiger partial charge in [0.25, 0.3) is 0 Å². The predicted molar refractivity (Wildman–Crippen MR) is 83.3 cm³/mol. The van der Waals surface area contributed by atoms with Crippen molar-refractivity contribution in [3.63, 3.8) is 0 Å². The lowest BCUT2D eigenvalue weighted by atomic mass is 10.2. The van der Waals surface area contributed by atoms with Gasteiger partial charge in [-0.05, 0) is 22.5 Å². The SMILES string of the molecule is FC1(F)COP2(Cl)=NP(Cl)(=NP3(=N2)OCC(F)(F)C(F)(F)CO3)OCC1(F)F. The maximum atomic E-state index is 13.7. The lowest BCUT2D eigenvalue weighted by Crippen LogP contribution is -2.46. The summed E-state index contributed by atoms with van der Waals surface area (Å²) in [5.41, 5.74) is 0. The fraction of sp³-hybridized carbons (Fsp3) is 1.00. The Kier molecular flexibility index (Phi) is 5.62. The van der Waals surface area contributed by atoms with Gasteiger partial charge in [0.1, 0.15) is 26.4 Å². The second kappa shape index (κ2) is 6.77. The van der Waals surface area contributed by atoms with Gasteiger partial charge in [0.05, 0.1) is 0 Å². The minimum Gasteiger partial charge on any atom is -0.309 e. The fourth-order valence-corrected chi connectivity index (χ4v) is 13.3. The molecule has 1 saturated heterocycles. The van der Waals surface area contributed by atoms with Crippen molar-refractivity contribution in [3.8, 4) is 0 Å². The van der Waals surface area contributed by atoms with E-state index in [0.29, 0.717) is 0 Å². The summed E-state index contributed by atoms with van der Waals surface area (Å²) >= 11 is 11.7. The first-order chi connectivity index (χ1) is 12.4. The van der Waals surface area contributed by atoms with Crippen molar-refractivity contribution in [2.75, 3.05) is 26.4 Å². The number of fused-ring (bicyclic) bond motifs is 1. The molecule has 0 radical (unpaired) electrons. The van der Waals surface area contributed by atoms with Crippen LogP contribution in [0, 0.1) is 0 Å². The third-order valence-corrected chi connectivity index (χ3v) is 13.6. The van der Waals surface area contributed by atoms with E-state index in [1.54, 1.807) is 0 Å². The first kappa shape index (κ1) is 23.2. The Hall–Kier alpha value is 0.550. The lowest BCUT2D eigenvalue weighted by molar-refractivity contribution is -0.231. The Labute approximate surface area is 161 Å². The highest BCUT2D eigenvalue weighted by Crippen LogP contribution is 2.84. The van der Waals surface area contributed by atoms with Crippen molar-refractivity contribution in [2.45, 2.75) is 23.7 Å². The van der Waals surface area contributed by atoms with Crippen molar-refractivity contribution >= 4 is 43.7 Å². The van der Waals surface area contributed by atoms with Crippen LogP contribution in [0.25, 0.3) is 0 Å². The lowest BCUT2D eigenvalue weighted by Gasteiger charge is -2.27. The van der Waals surface area contributed by atoms with Crippen molar-refractivity contribution < 1.29 is 53.2 Å². The van der Waals surface area contributed by atoms with Crippen LogP contribution in [0.5, 0.6) is 0 Å². The van der Waals surface area contributed by atoms with E-state index in [4.69, 9.17) is 22.5 Å². The Morgan fingerprint density at radius 3 is 1.25 bits per heavy atom. The van der Waals surface area contributed by atoms with Gasteiger partial charge in [-0.25, -0.2) is 0 Å². The second-order valence-electron chi connectivity index (χ2n) is 5.62. The number of alkyl halides is 8. The molecular formula is C8H8Cl2F8N3O4P3. The van der Waals surface area contributed by atoms with Crippen LogP contribution in [-0.4, -0.2) is 50.1 Å². The molecule has 2 bridgehead atoms. The van der Waals surface area contributed by atoms with Crippen molar-refractivity contribution in [2.24, 2.45) is 13.5 Å². The summed E-state index contributed by atoms with van der Waals surface area (Å²) in [7, 11) is -4.55. The average Bonchev–Trinajstić information content (AvgIpc) is 2.60. The first-order valence-corrected chi connectivity index (χ1v) is 13.4. The number of hydrogen-bond acceptors (Lipinski definition) is 7. The quantitative estimate of drug-likeness (QED) is 0.253. The Bertz CT molecular complexity index is 823. The van der Waals surface area contributed by atoms with Gasteiger partial charge in [-0.3, -0.25) is 9.05 Å². The van der Waals surface area contributed by atoms with Gasteiger partial charge in [-0.2, -0.15) is 48.7 Å². The Morgan fingerprint density at radius 2 is 0.857 bits per heavy atom. The van der Waals surface area contributed by atoms with Crippen LogP contribution in [0.2, 0.25) is 0 Å². The van der Waals surface area contributed by atoms with Crippen LogP contribution in [0.3, 0.4) is 0 Å². The smallest absolute Gasteiger partial charge is 0.309 e. The molecule has 0 aromatic rings. The van der Waals surface area contributed by atoms with Crippen LogP contribution in [-0.2, 0) is 18.1 Å². The minimum atomic E-state index is -4.80. The van der Waals surface area contributed by atoms with Gasteiger partial charge in [0, 0.05) is 0 Å². The molecule has 0 aromatic heterocycles. The van der Waals surface area contributed by atoms with E-state index < -0.39 is 71.3 Å². The monoisotopic (exact) mass is 525 g/mol. The molecule has 0 amide bonds. The molecule has 0 aromatic carbocycles. The predicted octanol–water partition coefficient (Wildman–Crippen LogP) is 6.95. The highest BCUT2D eigenvalue weighted by Gasteiger charge is 2.62. The summed E-state index contributed by atoms with van der Waals surface area (Å²) in [6.07, 6.45) is 0. The molecule has 1 spiro atoms. The maximum Gasteiger partial charge on any atom is 0.347 e. The zero-order valence-electron chi connectivity index (χ0n) is 12.9. The fourth-order valence-electron chi connectivity index (χ4n) is 1.79. The molecular weight excluding hydrogens is 518 g/mol. The Balaban J connectivity index is 2.11. The maximum absolute atomic E-state index is 13.7. The highest BCUT2D eigenvalue weighted by atomic mass is 35.7. The molecule has 1 fully saturated rings. The molecule has 164 valence electrons. The molecule has 2 atom stereocenters. The molecule has 3 aliphatic heterocycles. The summed E-state index contributed by atoms with van der Waals surface area (Å²) in [4.78, 5) is 0. The summed E-state index contributed by atoms with van der Waals surface area (Å²) in [5, 5.41) is 0. The zero-order chi connectivity index (χ0) is 21.3. The molecule has 0 aliphatic carbocycles. The van der Waals surface area contributed by atoms with Gasteiger partial charge >= 0.3 is 44.9 Å². The molecule has 0 saturated carbocycles. The van der Waals surface area contributed by atoms with E-state index in [-0.39, 0.29) is 0 Å². The minimum absolute atomic E-state index is 1.96. The third-order valence-electron chi connectivity index (χ3n) is 3.39. The standard InChI is InChI=1S/C8H8Cl2F8N3O4P3/c9-26-19-27(10,23-2-6(13,14)5(11,12)1-22-26)21-28(20-26)24-3-7(15,16)8(17,18)4-25-28/h1-4H2. The molecule has 2 unspecified atom stereocenters. The first-order valence-electron chi connectivity index (χ1n) is 6.85. The van der Waals surface area contributed by atoms with Gasteiger partial charge < -0.3 is 9.05 Å². The number of hydrogen-bond donors (Lipinski definition) is 0. The van der Waals surface area contributed by atoms with Crippen LogP contribution >= 0.6 is 43.7 Å². The second-order valence-corrected chi connectivity index (χ2v) is 14.3. The van der Waals surface area contributed by atoms with E-state index in [1.165, 1.54) is 0 Å². The van der Waals surface area contributed by atoms with Crippen molar-refractivity contribution in [3.05, 3.63) is 0 Å². The van der Waals surface area contributed by atoms with Crippen LogP contribution in [0.15, 0.2) is 13.5 Å². The summed E-state index contributed by atoms with van der Waals surface area (Å²) in [6.45, 7) is -16.8. The molecule has 3 rings (SSSR count). The van der Waals surface area contributed by atoms with Crippen molar-refractivity contribution in [1.82, 2.24) is 0 Å². The average molecular weight is 526 g/mol.